The van der Waals surface area contributed by atoms with E-state index in [0.717, 1.165) is 24.5 Å². The first-order chi connectivity index (χ1) is 12.4. The van der Waals surface area contributed by atoms with E-state index in [2.05, 4.69) is 0 Å². The number of benzene rings is 2. The van der Waals surface area contributed by atoms with Crippen molar-refractivity contribution in [1.82, 2.24) is 4.31 Å². The largest absolute Gasteiger partial charge is 0.482 e. The first-order valence-corrected chi connectivity index (χ1v) is 9.85. The molecule has 3 rings (SSSR count). The molecule has 1 fully saturated rings. The third-order valence-corrected chi connectivity index (χ3v) is 6.28. The summed E-state index contributed by atoms with van der Waals surface area (Å²) in [5, 5.41) is 12.0. The Morgan fingerprint density at radius 1 is 1.12 bits per heavy atom. The van der Waals surface area contributed by atoms with Gasteiger partial charge < -0.3 is 4.74 Å². The van der Waals surface area contributed by atoms with E-state index in [0.29, 0.717) is 18.1 Å². The van der Waals surface area contributed by atoms with Gasteiger partial charge in [0.15, 0.2) is 5.75 Å². The van der Waals surface area contributed by atoms with E-state index in [1.807, 2.05) is 0 Å². The van der Waals surface area contributed by atoms with Crippen molar-refractivity contribution in [2.75, 3.05) is 13.1 Å². The predicted octanol–water partition coefficient (Wildman–Crippen LogP) is 3.61. The van der Waals surface area contributed by atoms with Gasteiger partial charge >= 0.3 is 5.69 Å². The Morgan fingerprint density at radius 3 is 2.38 bits per heavy atom. The smallest absolute Gasteiger partial charge is 0.312 e. The standard InChI is InChI=1S/C17H17ClN2O5S/c18-14-5-3-13(4-6-14)12-25-17-8-7-15(11-16(17)20(21)22)26(23,24)19-9-1-2-10-19/h3-8,11H,1-2,9-10,12H2. The summed E-state index contributed by atoms with van der Waals surface area (Å²) in [6, 6.07) is 10.6. The van der Waals surface area contributed by atoms with Crippen LogP contribution in [0.25, 0.3) is 0 Å². The van der Waals surface area contributed by atoms with Gasteiger partial charge in [-0.05, 0) is 42.7 Å². The average molecular weight is 397 g/mol. The van der Waals surface area contributed by atoms with Crippen molar-refractivity contribution in [3.8, 4) is 5.75 Å². The second-order valence-corrected chi connectivity index (χ2v) is 8.29. The van der Waals surface area contributed by atoms with Crippen LogP contribution in [0.1, 0.15) is 18.4 Å². The predicted molar refractivity (Wildman–Crippen MR) is 96.9 cm³/mol. The minimum absolute atomic E-state index is 0.0188. The molecule has 0 saturated carbocycles. The van der Waals surface area contributed by atoms with Crippen LogP contribution in [-0.4, -0.2) is 30.7 Å². The fourth-order valence-electron chi connectivity index (χ4n) is 2.74. The number of hydrogen-bond donors (Lipinski definition) is 0. The van der Waals surface area contributed by atoms with E-state index >= 15 is 0 Å². The molecule has 0 atom stereocenters. The molecule has 1 aliphatic heterocycles. The van der Waals surface area contributed by atoms with Crippen LogP contribution in [0.5, 0.6) is 5.75 Å². The highest BCUT2D eigenvalue weighted by atomic mass is 35.5. The average Bonchev–Trinajstić information content (AvgIpc) is 3.16. The molecule has 0 unspecified atom stereocenters. The zero-order chi connectivity index (χ0) is 18.7. The van der Waals surface area contributed by atoms with E-state index in [1.165, 1.54) is 16.4 Å². The van der Waals surface area contributed by atoms with Crippen molar-refractivity contribution >= 4 is 27.3 Å². The lowest BCUT2D eigenvalue weighted by Gasteiger charge is -2.16. The van der Waals surface area contributed by atoms with Crippen molar-refractivity contribution in [3.63, 3.8) is 0 Å². The maximum Gasteiger partial charge on any atom is 0.312 e. The molecule has 2 aromatic rings. The Labute approximate surface area is 156 Å². The lowest BCUT2D eigenvalue weighted by Crippen LogP contribution is -2.27. The molecule has 26 heavy (non-hydrogen) atoms. The van der Waals surface area contributed by atoms with Crippen LogP contribution in [0.15, 0.2) is 47.4 Å². The summed E-state index contributed by atoms with van der Waals surface area (Å²) < 4.78 is 32.0. The highest BCUT2D eigenvalue weighted by Gasteiger charge is 2.29. The monoisotopic (exact) mass is 396 g/mol. The van der Waals surface area contributed by atoms with E-state index in [9.17, 15) is 18.5 Å². The summed E-state index contributed by atoms with van der Waals surface area (Å²) in [5.74, 6) is 0.0188. The van der Waals surface area contributed by atoms with Crippen LogP contribution >= 0.6 is 11.6 Å². The number of nitrogens with zero attached hydrogens (tertiary/aromatic N) is 2. The number of halogens is 1. The quantitative estimate of drug-likeness (QED) is 0.549. The number of nitro groups is 1. The van der Waals surface area contributed by atoms with Gasteiger partial charge in [0.05, 0.1) is 9.82 Å². The van der Waals surface area contributed by atoms with Crippen LogP contribution in [0.2, 0.25) is 5.02 Å². The molecule has 1 aliphatic rings. The summed E-state index contributed by atoms with van der Waals surface area (Å²) in [4.78, 5) is 10.6. The van der Waals surface area contributed by atoms with Crippen LogP contribution < -0.4 is 4.74 Å². The molecule has 9 heteroatoms. The Hall–Kier alpha value is -2.16. The summed E-state index contributed by atoms with van der Waals surface area (Å²) in [6.45, 7) is 0.978. The first kappa shape index (κ1) is 18.6. The molecule has 0 N–H and O–H groups in total. The molecule has 0 amide bonds. The molecule has 1 heterocycles. The van der Waals surface area contributed by atoms with E-state index in [-0.39, 0.29) is 22.9 Å². The Bertz CT molecular complexity index is 909. The lowest BCUT2D eigenvalue weighted by atomic mass is 10.2. The topological polar surface area (TPSA) is 89.8 Å². The van der Waals surface area contributed by atoms with E-state index < -0.39 is 14.9 Å². The number of sulfonamides is 1. The summed E-state index contributed by atoms with van der Waals surface area (Å²) in [5.41, 5.74) is 0.414. The summed E-state index contributed by atoms with van der Waals surface area (Å²) >= 11 is 5.82. The maximum atomic E-state index is 12.6. The molecule has 138 valence electrons. The molecular formula is C17H17ClN2O5S. The molecule has 0 radical (unpaired) electrons. The van der Waals surface area contributed by atoms with Crippen molar-refractivity contribution in [2.45, 2.75) is 24.3 Å². The maximum absolute atomic E-state index is 12.6. The van der Waals surface area contributed by atoms with Gasteiger partial charge in [-0.3, -0.25) is 10.1 Å². The van der Waals surface area contributed by atoms with Gasteiger partial charge in [-0.2, -0.15) is 4.31 Å². The molecular weight excluding hydrogens is 380 g/mol. The van der Waals surface area contributed by atoms with Crippen molar-refractivity contribution < 1.29 is 18.1 Å². The van der Waals surface area contributed by atoms with Gasteiger partial charge in [-0.15, -0.1) is 0 Å². The van der Waals surface area contributed by atoms with Crippen molar-refractivity contribution in [3.05, 3.63) is 63.2 Å². The highest BCUT2D eigenvalue weighted by molar-refractivity contribution is 7.89. The van der Waals surface area contributed by atoms with E-state index in [4.69, 9.17) is 16.3 Å². The SMILES string of the molecule is O=[N+]([O-])c1cc(S(=O)(=O)N2CCCC2)ccc1OCc1ccc(Cl)cc1. The zero-order valence-corrected chi connectivity index (χ0v) is 15.4. The second-order valence-electron chi connectivity index (χ2n) is 5.91. The summed E-state index contributed by atoms with van der Waals surface area (Å²) in [7, 11) is -3.72. The molecule has 0 bridgehead atoms. The van der Waals surface area contributed by atoms with Crippen molar-refractivity contribution in [1.29, 1.82) is 0 Å². The minimum Gasteiger partial charge on any atom is -0.482 e. The first-order valence-electron chi connectivity index (χ1n) is 8.04. The normalized spacial score (nSPS) is 15.1. The number of rotatable bonds is 6. The van der Waals surface area contributed by atoms with Crippen LogP contribution in [-0.2, 0) is 16.6 Å². The minimum atomic E-state index is -3.72. The third kappa shape index (κ3) is 3.98. The number of hydrogen-bond acceptors (Lipinski definition) is 5. The molecule has 2 aromatic carbocycles. The van der Waals surface area contributed by atoms with Gasteiger partial charge in [0.25, 0.3) is 0 Å². The molecule has 0 spiro atoms. The van der Waals surface area contributed by atoms with Crippen LogP contribution in [0.4, 0.5) is 5.69 Å². The summed E-state index contributed by atoms with van der Waals surface area (Å²) in [6.07, 6.45) is 1.59. The van der Waals surface area contributed by atoms with Crippen LogP contribution in [0.3, 0.4) is 0 Å². The number of nitro benzene ring substituents is 1. The fraction of sp³-hybridized carbons (Fsp3) is 0.294. The second kappa shape index (κ2) is 7.61. The Kier molecular flexibility index (Phi) is 5.45. The molecule has 0 aliphatic carbocycles. The molecule has 1 saturated heterocycles. The van der Waals surface area contributed by atoms with E-state index in [1.54, 1.807) is 24.3 Å². The van der Waals surface area contributed by atoms with Gasteiger partial charge in [-0.1, -0.05) is 23.7 Å². The third-order valence-electron chi connectivity index (χ3n) is 4.14. The molecule has 7 nitrogen and oxygen atoms in total. The molecule has 0 aromatic heterocycles. The highest BCUT2D eigenvalue weighted by Crippen LogP contribution is 2.32. The fourth-order valence-corrected chi connectivity index (χ4v) is 4.41. The van der Waals surface area contributed by atoms with Gasteiger partial charge in [0, 0.05) is 24.2 Å². The zero-order valence-electron chi connectivity index (χ0n) is 13.8. The van der Waals surface area contributed by atoms with Crippen molar-refractivity contribution in [2.24, 2.45) is 0 Å². The van der Waals surface area contributed by atoms with Gasteiger partial charge in [-0.25, -0.2) is 8.42 Å². The Balaban J connectivity index is 1.85. The van der Waals surface area contributed by atoms with Gasteiger partial charge in [0.2, 0.25) is 10.0 Å². The number of ether oxygens (including phenoxy) is 1. The van der Waals surface area contributed by atoms with Gasteiger partial charge in [0.1, 0.15) is 6.61 Å². The lowest BCUT2D eigenvalue weighted by molar-refractivity contribution is -0.386. The Morgan fingerprint density at radius 2 is 1.77 bits per heavy atom. The van der Waals surface area contributed by atoms with Crippen LogP contribution in [0, 0.1) is 10.1 Å².